The number of aryl methyl sites for hydroxylation is 1. The third-order valence-electron chi connectivity index (χ3n) is 2.20. The molecule has 0 aliphatic heterocycles. The third-order valence-corrected chi connectivity index (χ3v) is 2.20. The highest BCUT2D eigenvalue weighted by Gasteiger charge is 2.03. The predicted molar refractivity (Wildman–Crippen MR) is 57.7 cm³/mol. The number of nitrogens with two attached hydrogens (primary N) is 1. The molecular weight excluding hydrogens is 174 g/mol. The summed E-state index contributed by atoms with van der Waals surface area (Å²) < 4.78 is 1.89. The van der Waals surface area contributed by atoms with Gasteiger partial charge in [-0.15, -0.1) is 0 Å². The Balaban J connectivity index is 2.44. The zero-order valence-corrected chi connectivity index (χ0v) is 8.14. The highest BCUT2D eigenvalue weighted by molar-refractivity contribution is 5.73. The summed E-state index contributed by atoms with van der Waals surface area (Å²) in [6.45, 7) is 2.94. The van der Waals surface area contributed by atoms with Gasteiger partial charge in [0.15, 0.2) is 0 Å². The molecule has 0 amide bonds. The Labute approximate surface area is 83.2 Å². The molecule has 3 heteroatoms. The molecule has 2 rings (SSSR count). The van der Waals surface area contributed by atoms with Gasteiger partial charge in [-0.1, -0.05) is 18.2 Å². The molecule has 2 aromatic rings. The van der Waals surface area contributed by atoms with Crippen LogP contribution in [0.3, 0.4) is 0 Å². The molecule has 0 unspecified atom stereocenters. The molecule has 2 N–H and O–H groups in total. The van der Waals surface area contributed by atoms with Gasteiger partial charge in [0.1, 0.15) is 0 Å². The van der Waals surface area contributed by atoms with E-state index >= 15 is 0 Å². The second-order valence-corrected chi connectivity index (χ2v) is 3.14. The molecule has 72 valence electrons. The molecule has 0 aliphatic carbocycles. The van der Waals surface area contributed by atoms with Crippen molar-refractivity contribution in [3.05, 3.63) is 36.5 Å². The van der Waals surface area contributed by atoms with Gasteiger partial charge < -0.3 is 5.73 Å². The molecule has 0 saturated carbocycles. The number of hydrogen-bond acceptors (Lipinski definition) is 2. The van der Waals surface area contributed by atoms with Gasteiger partial charge in [0.2, 0.25) is 0 Å². The molecule has 0 saturated heterocycles. The first kappa shape index (κ1) is 8.81. The maximum atomic E-state index is 5.85. The SMILES string of the molecule is CCn1ccc(-c2ccccc2N)n1. The minimum Gasteiger partial charge on any atom is -0.398 e. The fourth-order valence-electron chi connectivity index (χ4n) is 1.41. The van der Waals surface area contributed by atoms with Crippen LogP contribution in [0.2, 0.25) is 0 Å². The summed E-state index contributed by atoms with van der Waals surface area (Å²) in [6.07, 6.45) is 1.96. The quantitative estimate of drug-likeness (QED) is 0.732. The number of nitrogens with zero attached hydrogens (tertiary/aromatic N) is 2. The van der Waals surface area contributed by atoms with Crippen LogP contribution in [0, 0.1) is 0 Å². The molecule has 0 radical (unpaired) electrons. The van der Waals surface area contributed by atoms with Crippen LogP contribution in [0.1, 0.15) is 6.92 Å². The Morgan fingerprint density at radius 2 is 2.07 bits per heavy atom. The Hall–Kier alpha value is -1.77. The van der Waals surface area contributed by atoms with Gasteiger partial charge in [-0.2, -0.15) is 5.10 Å². The smallest absolute Gasteiger partial charge is 0.0943 e. The lowest BCUT2D eigenvalue weighted by Crippen LogP contribution is -1.95. The van der Waals surface area contributed by atoms with Gasteiger partial charge in [-0.05, 0) is 19.1 Å². The topological polar surface area (TPSA) is 43.8 Å². The lowest BCUT2D eigenvalue weighted by Gasteiger charge is -2.00. The van der Waals surface area contributed by atoms with E-state index in [0.29, 0.717) is 0 Å². The standard InChI is InChI=1S/C11H13N3/c1-2-14-8-7-11(13-14)9-5-3-4-6-10(9)12/h3-8H,2,12H2,1H3. The minimum atomic E-state index is 0.772. The molecule has 0 bridgehead atoms. The zero-order valence-electron chi connectivity index (χ0n) is 8.14. The summed E-state index contributed by atoms with van der Waals surface area (Å²) in [6, 6.07) is 9.75. The van der Waals surface area contributed by atoms with Gasteiger partial charge in [0.05, 0.1) is 5.69 Å². The summed E-state index contributed by atoms with van der Waals surface area (Å²) in [5.41, 5.74) is 8.56. The molecule has 1 aromatic heterocycles. The van der Waals surface area contributed by atoms with Crippen molar-refractivity contribution in [3.8, 4) is 11.3 Å². The number of anilines is 1. The normalized spacial score (nSPS) is 10.4. The molecule has 1 heterocycles. The summed E-state index contributed by atoms with van der Waals surface area (Å²) in [7, 11) is 0. The number of para-hydroxylation sites is 1. The largest absolute Gasteiger partial charge is 0.398 e. The number of rotatable bonds is 2. The maximum Gasteiger partial charge on any atom is 0.0943 e. The average molecular weight is 187 g/mol. The first-order valence-electron chi connectivity index (χ1n) is 4.69. The summed E-state index contributed by atoms with van der Waals surface area (Å²) in [5.74, 6) is 0. The van der Waals surface area contributed by atoms with E-state index in [1.54, 1.807) is 0 Å². The Kier molecular flexibility index (Phi) is 2.23. The van der Waals surface area contributed by atoms with E-state index in [4.69, 9.17) is 5.73 Å². The second kappa shape index (κ2) is 3.54. The molecule has 3 nitrogen and oxygen atoms in total. The van der Waals surface area contributed by atoms with Gasteiger partial charge in [0.25, 0.3) is 0 Å². The average Bonchev–Trinajstić information content (AvgIpc) is 2.67. The van der Waals surface area contributed by atoms with Crippen LogP contribution in [0.15, 0.2) is 36.5 Å². The highest BCUT2D eigenvalue weighted by atomic mass is 15.3. The molecule has 0 spiro atoms. The van der Waals surface area contributed by atoms with E-state index in [1.165, 1.54) is 0 Å². The van der Waals surface area contributed by atoms with Crippen molar-refractivity contribution < 1.29 is 0 Å². The van der Waals surface area contributed by atoms with E-state index in [1.807, 2.05) is 41.2 Å². The van der Waals surface area contributed by atoms with Crippen molar-refractivity contribution in [1.29, 1.82) is 0 Å². The van der Waals surface area contributed by atoms with Crippen molar-refractivity contribution >= 4 is 5.69 Å². The van der Waals surface area contributed by atoms with Crippen LogP contribution >= 0.6 is 0 Å². The van der Waals surface area contributed by atoms with Crippen molar-refractivity contribution in [1.82, 2.24) is 9.78 Å². The number of benzene rings is 1. The second-order valence-electron chi connectivity index (χ2n) is 3.14. The van der Waals surface area contributed by atoms with E-state index in [2.05, 4.69) is 12.0 Å². The van der Waals surface area contributed by atoms with Crippen LogP contribution in [-0.4, -0.2) is 9.78 Å². The maximum absolute atomic E-state index is 5.85. The van der Waals surface area contributed by atoms with Gasteiger partial charge >= 0.3 is 0 Å². The summed E-state index contributed by atoms with van der Waals surface area (Å²) >= 11 is 0. The number of aromatic nitrogens is 2. The van der Waals surface area contributed by atoms with Crippen molar-refractivity contribution in [2.24, 2.45) is 0 Å². The fourth-order valence-corrected chi connectivity index (χ4v) is 1.41. The fraction of sp³-hybridized carbons (Fsp3) is 0.182. The Morgan fingerprint density at radius 1 is 1.29 bits per heavy atom. The van der Waals surface area contributed by atoms with Gasteiger partial charge in [0, 0.05) is 24.0 Å². The highest BCUT2D eigenvalue weighted by Crippen LogP contribution is 2.23. The van der Waals surface area contributed by atoms with Crippen LogP contribution in [0.25, 0.3) is 11.3 Å². The predicted octanol–water partition coefficient (Wildman–Crippen LogP) is 2.15. The van der Waals surface area contributed by atoms with Crippen molar-refractivity contribution in [3.63, 3.8) is 0 Å². The Bertz CT molecular complexity index is 432. The number of hydrogen-bond donors (Lipinski definition) is 1. The monoisotopic (exact) mass is 187 g/mol. The van der Waals surface area contributed by atoms with Crippen molar-refractivity contribution in [2.45, 2.75) is 13.5 Å². The van der Waals surface area contributed by atoms with Crippen LogP contribution in [0.4, 0.5) is 5.69 Å². The van der Waals surface area contributed by atoms with Crippen LogP contribution < -0.4 is 5.73 Å². The lowest BCUT2D eigenvalue weighted by molar-refractivity contribution is 0.662. The van der Waals surface area contributed by atoms with E-state index in [9.17, 15) is 0 Å². The molecule has 0 atom stereocenters. The number of nitrogen functional groups attached to an aromatic ring is 1. The third kappa shape index (κ3) is 1.48. The summed E-state index contributed by atoms with van der Waals surface area (Å²) in [5, 5.41) is 4.40. The summed E-state index contributed by atoms with van der Waals surface area (Å²) in [4.78, 5) is 0. The Morgan fingerprint density at radius 3 is 2.71 bits per heavy atom. The minimum absolute atomic E-state index is 0.772. The molecule has 14 heavy (non-hydrogen) atoms. The first-order valence-corrected chi connectivity index (χ1v) is 4.69. The van der Waals surface area contributed by atoms with E-state index in [0.717, 1.165) is 23.5 Å². The van der Waals surface area contributed by atoms with Crippen LogP contribution in [0.5, 0.6) is 0 Å². The van der Waals surface area contributed by atoms with Gasteiger partial charge in [-0.25, -0.2) is 0 Å². The molecule has 0 aliphatic rings. The molecule has 1 aromatic carbocycles. The first-order chi connectivity index (χ1) is 6.81. The van der Waals surface area contributed by atoms with Gasteiger partial charge in [-0.3, -0.25) is 4.68 Å². The lowest BCUT2D eigenvalue weighted by atomic mass is 10.1. The van der Waals surface area contributed by atoms with E-state index < -0.39 is 0 Å². The molecule has 0 fully saturated rings. The zero-order chi connectivity index (χ0) is 9.97. The van der Waals surface area contributed by atoms with Crippen molar-refractivity contribution in [2.75, 3.05) is 5.73 Å². The van der Waals surface area contributed by atoms with E-state index in [-0.39, 0.29) is 0 Å². The van der Waals surface area contributed by atoms with Crippen LogP contribution in [-0.2, 0) is 6.54 Å². The molecular formula is C11H13N3.